The molecule has 0 saturated heterocycles. The van der Waals surface area contributed by atoms with Gasteiger partial charge >= 0.3 is 0 Å². The van der Waals surface area contributed by atoms with Crippen molar-refractivity contribution in [2.45, 2.75) is 40.0 Å². The molecule has 0 spiro atoms. The lowest BCUT2D eigenvalue weighted by Gasteiger charge is -2.45. The molecule has 0 radical (unpaired) electrons. The Kier molecular flexibility index (Phi) is 2.33. The van der Waals surface area contributed by atoms with Crippen LogP contribution in [-0.2, 0) is 0 Å². The molecule has 2 aliphatic rings. The predicted molar refractivity (Wildman–Crippen MR) is 62.1 cm³/mol. The molecule has 0 aromatic heterocycles. The van der Waals surface area contributed by atoms with Crippen LogP contribution < -0.4 is 0 Å². The Morgan fingerprint density at radius 3 is 2.86 bits per heavy atom. The van der Waals surface area contributed by atoms with E-state index in [4.69, 9.17) is 0 Å². The van der Waals surface area contributed by atoms with Crippen LogP contribution in [0.1, 0.15) is 40.0 Å². The molecule has 78 valence electrons. The maximum absolute atomic E-state index is 3.95. The van der Waals surface area contributed by atoms with E-state index in [0.717, 1.165) is 17.8 Å². The maximum atomic E-state index is 3.95. The van der Waals surface area contributed by atoms with Gasteiger partial charge in [-0.3, -0.25) is 0 Å². The monoisotopic (exact) mass is 190 g/mol. The average Bonchev–Trinajstić information content (AvgIpc) is 2.50. The minimum Gasteiger partial charge on any atom is -0.0988 e. The van der Waals surface area contributed by atoms with Crippen LogP contribution in [0.4, 0.5) is 0 Å². The van der Waals surface area contributed by atoms with Gasteiger partial charge in [-0.1, -0.05) is 39.5 Å². The van der Waals surface area contributed by atoms with Crippen LogP contribution in [-0.4, -0.2) is 0 Å². The van der Waals surface area contributed by atoms with Crippen LogP contribution in [0.3, 0.4) is 0 Å². The van der Waals surface area contributed by atoms with Gasteiger partial charge in [0.2, 0.25) is 0 Å². The van der Waals surface area contributed by atoms with Crippen molar-refractivity contribution >= 4 is 0 Å². The van der Waals surface area contributed by atoms with Gasteiger partial charge < -0.3 is 0 Å². The first kappa shape index (κ1) is 10.0. The highest BCUT2D eigenvalue weighted by molar-refractivity contribution is 5.31. The molecule has 0 nitrogen and oxygen atoms in total. The Morgan fingerprint density at radius 2 is 2.21 bits per heavy atom. The van der Waals surface area contributed by atoms with E-state index in [2.05, 4.69) is 39.5 Å². The van der Waals surface area contributed by atoms with E-state index in [1.165, 1.54) is 24.8 Å². The summed E-state index contributed by atoms with van der Waals surface area (Å²) in [4.78, 5) is 0. The summed E-state index contributed by atoms with van der Waals surface area (Å²) in [6.45, 7) is 11.2. The van der Waals surface area contributed by atoms with Crippen molar-refractivity contribution < 1.29 is 0 Å². The molecular weight excluding hydrogens is 168 g/mol. The molecule has 0 aliphatic heterocycles. The van der Waals surface area contributed by atoms with Gasteiger partial charge in [0, 0.05) is 0 Å². The van der Waals surface area contributed by atoms with Crippen molar-refractivity contribution in [2.24, 2.45) is 23.2 Å². The molecule has 14 heavy (non-hydrogen) atoms. The highest BCUT2D eigenvalue weighted by Crippen LogP contribution is 2.56. The number of fused-ring (bicyclic) bond motifs is 1. The van der Waals surface area contributed by atoms with Crippen LogP contribution in [0.25, 0.3) is 0 Å². The highest BCUT2D eigenvalue weighted by Gasteiger charge is 2.46. The van der Waals surface area contributed by atoms with Crippen molar-refractivity contribution in [2.75, 3.05) is 0 Å². The van der Waals surface area contributed by atoms with Crippen molar-refractivity contribution in [1.29, 1.82) is 0 Å². The summed E-state index contributed by atoms with van der Waals surface area (Å²) < 4.78 is 0. The summed E-state index contributed by atoms with van der Waals surface area (Å²) in [5.74, 6) is 2.66. The third-order valence-corrected chi connectivity index (χ3v) is 4.94. The highest BCUT2D eigenvalue weighted by atomic mass is 14.5. The second-order valence-corrected chi connectivity index (χ2v) is 5.50. The van der Waals surface area contributed by atoms with E-state index >= 15 is 0 Å². The first-order valence-electron chi connectivity index (χ1n) is 5.92. The van der Waals surface area contributed by atoms with Gasteiger partial charge in [-0.25, -0.2) is 0 Å². The van der Waals surface area contributed by atoms with Crippen LogP contribution >= 0.6 is 0 Å². The SMILES string of the molecule is C=CC1=CC[C@H]2C(C)C(C)CC[C@]12C. The fourth-order valence-electron chi connectivity index (χ4n) is 3.59. The lowest BCUT2D eigenvalue weighted by Crippen LogP contribution is -2.37. The Morgan fingerprint density at radius 1 is 1.50 bits per heavy atom. The van der Waals surface area contributed by atoms with Crippen LogP contribution in [0.2, 0.25) is 0 Å². The summed E-state index contributed by atoms with van der Waals surface area (Å²) in [7, 11) is 0. The first-order chi connectivity index (χ1) is 6.59. The van der Waals surface area contributed by atoms with Crippen LogP contribution in [0, 0.1) is 23.2 Å². The summed E-state index contributed by atoms with van der Waals surface area (Å²) in [6.07, 6.45) is 8.54. The van der Waals surface area contributed by atoms with E-state index in [1.807, 2.05) is 0 Å². The molecule has 4 atom stereocenters. The lowest BCUT2D eigenvalue weighted by atomic mass is 9.59. The maximum Gasteiger partial charge on any atom is -0.00447 e. The van der Waals surface area contributed by atoms with Gasteiger partial charge in [-0.15, -0.1) is 0 Å². The molecule has 0 aromatic rings. The quantitative estimate of drug-likeness (QED) is 0.581. The number of allylic oxidation sites excluding steroid dienone is 3. The Hall–Kier alpha value is -0.520. The second-order valence-electron chi connectivity index (χ2n) is 5.50. The normalized spacial score (nSPS) is 47.1. The number of hydrogen-bond donors (Lipinski definition) is 0. The molecule has 1 saturated carbocycles. The van der Waals surface area contributed by atoms with E-state index in [0.29, 0.717) is 5.41 Å². The summed E-state index contributed by atoms with van der Waals surface area (Å²) in [6, 6.07) is 0. The molecule has 2 unspecified atom stereocenters. The van der Waals surface area contributed by atoms with Crippen molar-refractivity contribution in [3.8, 4) is 0 Å². The van der Waals surface area contributed by atoms with E-state index < -0.39 is 0 Å². The van der Waals surface area contributed by atoms with Gasteiger partial charge in [0.1, 0.15) is 0 Å². The smallest absolute Gasteiger partial charge is 0.00447 e. The molecule has 0 N–H and O–H groups in total. The van der Waals surface area contributed by atoms with Crippen LogP contribution in [0.5, 0.6) is 0 Å². The average molecular weight is 190 g/mol. The molecule has 2 aliphatic carbocycles. The molecule has 0 amide bonds. The van der Waals surface area contributed by atoms with E-state index in [1.54, 1.807) is 0 Å². The fourth-order valence-corrected chi connectivity index (χ4v) is 3.59. The van der Waals surface area contributed by atoms with E-state index in [9.17, 15) is 0 Å². The van der Waals surface area contributed by atoms with Gasteiger partial charge in [0.15, 0.2) is 0 Å². The zero-order valence-corrected chi connectivity index (χ0v) is 9.72. The van der Waals surface area contributed by atoms with Crippen molar-refractivity contribution in [3.05, 3.63) is 24.3 Å². The van der Waals surface area contributed by atoms with Gasteiger partial charge in [0.05, 0.1) is 0 Å². The minimum absolute atomic E-state index is 0.452. The summed E-state index contributed by atoms with van der Waals surface area (Å²) >= 11 is 0. The lowest BCUT2D eigenvalue weighted by molar-refractivity contribution is 0.0765. The molecule has 0 heteroatoms. The first-order valence-corrected chi connectivity index (χ1v) is 5.92. The van der Waals surface area contributed by atoms with E-state index in [-0.39, 0.29) is 0 Å². The standard InChI is InChI=1S/C14H22/c1-5-12-6-7-13-11(3)10(2)8-9-14(12,13)4/h5-6,10-11,13H,1,7-9H2,2-4H3/t10?,11?,13-,14+/m0/s1. The van der Waals surface area contributed by atoms with Crippen LogP contribution in [0.15, 0.2) is 24.3 Å². The Balaban J connectivity index is 2.28. The molecule has 2 rings (SSSR count). The number of rotatable bonds is 1. The largest absolute Gasteiger partial charge is 0.0988 e. The van der Waals surface area contributed by atoms with Gasteiger partial charge in [-0.2, -0.15) is 0 Å². The topological polar surface area (TPSA) is 0 Å². The summed E-state index contributed by atoms with van der Waals surface area (Å²) in [5.41, 5.74) is 1.97. The fraction of sp³-hybridized carbons (Fsp3) is 0.714. The minimum atomic E-state index is 0.452. The molecular formula is C14H22. The third-order valence-electron chi connectivity index (χ3n) is 4.94. The zero-order valence-electron chi connectivity index (χ0n) is 9.72. The van der Waals surface area contributed by atoms with Crippen molar-refractivity contribution in [1.82, 2.24) is 0 Å². The molecule has 0 heterocycles. The third kappa shape index (κ3) is 1.20. The Bertz CT molecular complexity index is 274. The number of hydrogen-bond acceptors (Lipinski definition) is 0. The van der Waals surface area contributed by atoms with Gasteiger partial charge in [0.25, 0.3) is 0 Å². The second kappa shape index (κ2) is 3.25. The van der Waals surface area contributed by atoms with Crippen molar-refractivity contribution in [3.63, 3.8) is 0 Å². The Labute approximate surface area is 88.1 Å². The predicted octanol–water partition coefficient (Wildman–Crippen LogP) is 4.19. The zero-order chi connectivity index (χ0) is 10.3. The van der Waals surface area contributed by atoms with Gasteiger partial charge in [-0.05, 0) is 48.0 Å². The molecule has 1 fully saturated rings. The summed E-state index contributed by atoms with van der Waals surface area (Å²) in [5, 5.41) is 0. The molecule has 0 bridgehead atoms. The molecule has 0 aromatic carbocycles.